The highest BCUT2D eigenvalue weighted by Gasteiger charge is 2.35. The van der Waals surface area contributed by atoms with Crippen molar-refractivity contribution < 1.29 is 23.6 Å². The van der Waals surface area contributed by atoms with Crippen LogP contribution in [0.5, 0.6) is 0 Å². The van der Waals surface area contributed by atoms with Crippen molar-refractivity contribution in [3.63, 3.8) is 0 Å². The van der Waals surface area contributed by atoms with Crippen molar-refractivity contribution in [3.05, 3.63) is 75.9 Å². The van der Waals surface area contributed by atoms with Crippen molar-refractivity contribution in [1.82, 2.24) is 14.7 Å². The molecule has 1 unspecified atom stereocenters. The van der Waals surface area contributed by atoms with Gasteiger partial charge in [-0.1, -0.05) is 24.3 Å². The Labute approximate surface area is 220 Å². The van der Waals surface area contributed by atoms with Gasteiger partial charge in [-0.2, -0.15) is 0 Å². The molecular formula is C28H30FN3O4S. The molecule has 0 spiro atoms. The van der Waals surface area contributed by atoms with Crippen molar-refractivity contribution in [1.29, 1.82) is 0 Å². The maximum absolute atomic E-state index is 13.5. The Kier molecular flexibility index (Phi) is 8.43. The molecule has 2 aromatic carbocycles. The van der Waals surface area contributed by atoms with Gasteiger partial charge in [0, 0.05) is 31.7 Å². The van der Waals surface area contributed by atoms with Crippen LogP contribution in [-0.2, 0) is 16.1 Å². The predicted molar refractivity (Wildman–Crippen MR) is 141 cm³/mol. The molecule has 0 saturated carbocycles. The summed E-state index contributed by atoms with van der Waals surface area (Å²) in [6.45, 7) is 6.16. The van der Waals surface area contributed by atoms with Crippen LogP contribution < -0.4 is 0 Å². The fourth-order valence-corrected chi connectivity index (χ4v) is 5.54. The molecule has 194 valence electrons. The number of thioether (sulfide) groups is 1. The molecule has 0 N–H and O–H groups in total. The molecule has 2 heterocycles. The highest BCUT2D eigenvalue weighted by molar-refractivity contribution is 8.18. The van der Waals surface area contributed by atoms with Gasteiger partial charge in [0.25, 0.3) is 17.1 Å². The number of piperidine rings is 1. The largest absolute Gasteiger partial charge is 0.343 e. The Balaban J connectivity index is 1.47. The summed E-state index contributed by atoms with van der Waals surface area (Å²) < 4.78 is 13.5. The zero-order valence-corrected chi connectivity index (χ0v) is 21.8. The highest BCUT2D eigenvalue weighted by Crippen LogP contribution is 2.33. The molecule has 0 bridgehead atoms. The fraction of sp³-hybridized carbons (Fsp3) is 0.357. The Bertz CT molecular complexity index is 1240. The van der Waals surface area contributed by atoms with E-state index in [0.717, 1.165) is 29.5 Å². The number of halogens is 1. The number of imide groups is 1. The number of rotatable bonds is 7. The van der Waals surface area contributed by atoms with E-state index in [1.807, 2.05) is 13.8 Å². The van der Waals surface area contributed by atoms with Gasteiger partial charge in [-0.15, -0.1) is 0 Å². The predicted octanol–water partition coefficient (Wildman–Crippen LogP) is 4.78. The lowest BCUT2D eigenvalue weighted by Crippen LogP contribution is -2.46. The average Bonchev–Trinajstić information content (AvgIpc) is 3.16. The van der Waals surface area contributed by atoms with Crippen molar-refractivity contribution >= 4 is 40.8 Å². The van der Waals surface area contributed by atoms with Crippen LogP contribution in [0.1, 0.15) is 48.2 Å². The quantitative estimate of drug-likeness (QED) is 0.488. The Morgan fingerprint density at radius 1 is 1.11 bits per heavy atom. The zero-order valence-electron chi connectivity index (χ0n) is 21.0. The summed E-state index contributed by atoms with van der Waals surface area (Å²) in [5.74, 6) is -1.16. The van der Waals surface area contributed by atoms with E-state index in [1.165, 1.54) is 18.2 Å². The number of amides is 4. The van der Waals surface area contributed by atoms with Crippen molar-refractivity contribution in [3.8, 4) is 0 Å². The standard InChI is InChI=1S/C28H30FN3O4S/c1-3-30(4-2)26(34)22-11-7-13-31(18-22)25(33)21-10-5-8-19(14-21)16-24-27(35)32(28(36)37-24)17-20-9-6-12-23(29)15-20/h5-6,8-10,12,14-16,22H,3-4,7,11,13,17-18H2,1-2H3/b24-16-. The summed E-state index contributed by atoms with van der Waals surface area (Å²) >= 11 is 0.820. The van der Waals surface area contributed by atoms with Gasteiger partial charge in [0.05, 0.1) is 17.4 Å². The van der Waals surface area contributed by atoms with E-state index in [9.17, 15) is 23.6 Å². The number of carbonyl (C=O) groups is 4. The van der Waals surface area contributed by atoms with Crippen LogP contribution in [-0.4, -0.2) is 63.8 Å². The molecule has 1 atom stereocenters. The Hall–Kier alpha value is -3.46. The van der Waals surface area contributed by atoms with E-state index in [-0.39, 0.29) is 29.2 Å². The molecule has 2 aliphatic rings. The van der Waals surface area contributed by atoms with E-state index in [4.69, 9.17) is 0 Å². The SMILES string of the molecule is CCN(CC)C(=O)C1CCCN(C(=O)c2cccc(/C=C3\SC(=O)N(Cc4cccc(F)c4)C3=O)c2)C1. The van der Waals surface area contributed by atoms with Crippen LogP contribution in [0.4, 0.5) is 9.18 Å². The van der Waals surface area contributed by atoms with Crippen LogP contribution in [0.25, 0.3) is 6.08 Å². The zero-order chi connectivity index (χ0) is 26.5. The first-order valence-electron chi connectivity index (χ1n) is 12.5. The van der Waals surface area contributed by atoms with Crippen LogP contribution >= 0.6 is 11.8 Å². The third-order valence-corrected chi connectivity index (χ3v) is 7.57. The lowest BCUT2D eigenvalue weighted by Gasteiger charge is -2.34. The number of nitrogens with zero attached hydrogens (tertiary/aromatic N) is 3. The Morgan fingerprint density at radius 3 is 2.59 bits per heavy atom. The van der Waals surface area contributed by atoms with Gasteiger partial charge >= 0.3 is 0 Å². The molecule has 2 aromatic rings. The second-order valence-electron chi connectivity index (χ2n) is 9.12. The van der Waals surface area contributed by atoms with E-state index >= 15 is 0 Å². The number of benzene rings is 2. The minimum absolute atomic E-state index is 0.0133. The van der Waals surface area contributed by atoms with E-state index in [0.29, 0.717) is 42.9 Å². The number of carbonyl (C=O) groups excluding carboxylic acids is 4. The van der Waals surface area contributed by atoms with Crippen LogP contribution in [0.3, 0.4) is 0 Å². The van der Waals surface area contributed by atoms with Crippen LogP contribution in [0.15, 0.2) is 53.4 Å². The van der Waals surface area contributed by atoms with Gasteiger partial charge in [0.2, 0.25) is 5.91 Å². The highest BCUT2D eigenvalue weighted by atomic mass is 32.2. The molecule has 0 aliphatic carbocycles. The summed E-state index contributed by atoms with van der Waals surface area (Å²) in [4.78, 5) is 56.3. The van der Waals surface area contributed by atoms with Crippen LogP contribution in [0, 0.1) is 11.7 Å². The monoisotopic (exact) mass is 523 g/mol. The van der Waals surface area contributed by atoms with Gasteiger partial charge in [0.15, 0.2) is 0 Å². The van der Waals surface area contributed by atoms with Crippen molar-refractivity contribution in [2.75, 3.05) is 26.2 Å². The van der Waals surface area contributed by atoms with Gasteiger partial charge in [-0.3, -0.25) is 24.1 Å². The number of hydrogen-bond acceptors (Lipinski definition) is 5. The molecule has 2 aliphatic heterocycles. The molecule has 0 aromatic heterocycles. The number of likely N-dealkylation sites (tertiary alicyclic amines) is 1. The third-order valence-electron chi connectivity index (χ3n) is 6.67. The first-order chi connectivity index (χ1) is 17.8. The molecule has 7 nitrogen and oxygen atoms in total. The molecule has 0 radical (unpaired) electrons. The van der Waals surface area contributed by atoms with Gasteiger partial charge < -0.3 is 9.80 Å². The molecule has 2 saturated heterocycles. The molecule has 37 heavy (non-hydrogen) atoms. The van der Waals surface area contributed by atoms with E-state index in [1.54, 1.807) is 46.2 Å². The first kappa shape index (κ1) is 26.6. The Morgan fingerprint density at radius 2 is 1.86 bits per heavy atom. The summed E-state index contributed by atoms with van der Waals surface area (Å²) in [5, 5.41) is -0.426. The molecule has 4 amide bonds. The maximum atomic E-state index is 13.5. The van der Waals surface area contributed by atoms with E-state index in [2.05, 4.69) is 0 Å². The molecule has 4 rings (SSSR count). The maximum Gasteiger partial charge on any atom is 0.293 e. The van der Waals surface area contributed by atoms with Crippen molar-refractivity contribution in [2.45, 2.75) is 33.2 Å². The first-order valence-corrected chi connectivity index (χ1v) is 13.3. The second-order valence-corrected chi connectivity index (χ2v) is 10.1. The number of hydrogen-bond donors (Lipinski definition) is 0. The van der Waals surface area contributed by atoms with Crippen molar-refractivity contribution in [2.24, 2.45) is 5.92 Å². The molecule has 2 fully saturated rings. The summed E-state index contributed by atoms with van der Waals surface area (Å²) in [5.41, 5.74) is 1.61. The second kappa shape index (κ2) is 11.7. The van der Waals surface area contributed by atoms with Gasteiger partial charge in [-0.05, 0) is 79.9 Å². The molecule has 9 heteroatoms. The van der Waals surface area contributed by atoms with E-state index < -0.39 is 17.0 Å². The minimum atomic E-state index is -0.454. The average molecular weight is 524 g/mol. The summed E-state index contributed by atoms with van der Waals surface area (Å²) in [7, 11) is 0. The smallest absolute Gasteiger partial charge is 0.293 e. The third kappa shape index (κ3) is 6.10. The molecular weight excluding hydrogens is 493 g/mol. The lowest BCUT2D eigenvalue weighted by atomic mass is 9.95. The summed E-state index contributed by atoms with van der Waals surface area (Å²) in [6, 6.07) is 12.7. The minimum Gasteiger partial charge on any atom is -0.343 e. The van der Waals surface area contributed by atoms with Gasteiger partial charge in [-0.25, -0.2) is 4.39 Å². The fourth-order valence-electron chi connectivity index (χ4n) is 4.71. The lowest BCUT2D eigenvalue weighted by molar-refractivity contribution is -0.136. The summed E-state index contributed by atoms with van der Waals surface area (Å²) in [6.07, 6.45) is 3.13. The topological polar surface area (TPSA) is 78.0 Å². The van der Waals surface area contributed by atoms with Gasteiger partial charge in [0.1, 0.15) is 5.82 Å². The normalized spacial score (nSPS) is 19.0. The van der Waals surface area contributed by atoms with Crippen LogP contribution in [0.2, 0.25) is 0 Å².